The van der Waals surface area contributed by atoms with Gasteiger partial charge in [-0.25, -0.2) is 13.8 Å². The lowest BCUT2D eigenvalue weighted by Gasteiger charge is -2.34. The van der Waals surface area contributed by atoms with E-state index in [-0.39, 0.29) is 41.3 Å². The summed E-state index contributed by atoms with van der Waals surface area (Å²) in [5.41, 5.74) is 2.32. The molecule has 0 saturated carbocycles. The highest BCUT2D eigenvalue weighted by atomic mass is 19.1. The number of benzene rings is 1. The highest BCUT2D eigenvalue weighted by Gasteiger charge is 2.38. The number of rotatable bonds is 8. The summed E-state index contributed by atoms with van der Waals surface area (Å²) in [6.07, 6.45) is 4.94. The largest absolute Gasteiger partial charge is 0.469 e. The lowest BCUT2D eigenvalue weighted by Crippen LogP contribution is -2.39. The molecule has 3 heterocycles. The molecule has 1 amide bonds. The Labute approximate surface area is 246 Å². The van der Waals surface area contributed by atoms with Gasteiger partial charge in [-0.05, 0) is 93.4 Å². The van der Waals surface area contributed by atoms with Gasteiger partial charge >= 0.3 is 5.97 Å². The van der Waals surface area contributed by atoms with Crippen LogP contribution in [0.2, 0.25) is 0 Å². The summed E-state index contributed by atoms with van der Waals surface area (Å²) >= 11 is 0. The van der Waals surface area contributed by atoms with Crippen molar-refractivity contribution in [1.82, 2.24) is 20.2 Å². The van der Waals surface area contributed by atoms with E-state index < -0.39 is 17.4 Å². The first kappa shape index (κ1) is 30.0. The van der Waals surface area contributed by atoms with Crippen LogP contribution in [0.5, 0.6) is 0 Å². The second kappa shape index (κ2) is 12.4. The van der Waals surface area contributed by atoms with Gasteiger partial charge in [-0.15, -0.1) is 0 Å². The van der Waals surface area contributed by atoms with E-state index in [1.165, 1.54) is 13.2 Å². The number of fused-ring (bicyclic) bond motifs is 2. The van der Waals surface area contributed by atoms with Crippen molar-refractivity contribution in [2.24, 2.45) is 11.8 Å². The maximum absolute atomic E-state index is 15.5. The zero-order valence-corrected chi connectivity index (χ0v) is 24.9. The minimum absolute atomic E-state index is 0.0716. The first-order valence-corrected chi connectivity index (χ1v) is 14.9. The average Bonchev–Trinajstić information content (AvgIpc) is 2.98. The van der Waals surface area contributed by atoms with Crippen molar-refractivity contribution in [1.29, 1.82) is 0 Å². The molecule has 1 aromatic carbocycles. The molecule has 1 N–H and O–H groups in total. The van der Waals surface area contributed by atoms with E-state index in [1.54, 1.807) is 18.3 Å². The number of alkyl halides is 1. The fraction of sp³-hybridized carbons (Fsp3) is 0.515. The minimum Gasteiger partial charge on any atom is -0.469 e. The molecule has 7 nitrogen and oxygen atoms in total. The number of aryl methyl sites for hydroxylation is 2. The predicted octanol–water partition coefficient (Wildman–Crippen LogP) is 5.68. The van der Waals surface area contributed by atoms with Gasteiger partial charge in [0.1, 0.15) is 17.0 Å². The number of amides is 1. The van der Waals surface area contributed by atoms with Gasteiger partial charge in [-0.2, -0.15) is 0 Å². The number of carbonyl (C=O) groups excluding carboxylic acids is 2. The Balaban J connectivity index is 1.34. The molecule has 0 bridgehead atoms. The standard InChI is InChI=1S/C33H40F2N4O3/c1-20(2)33(35)11-7-28-26(18-33)16-24-15-25(17-27(34)30(24)37-28)31(40)38-29(23-6-5-21(3)36-19-23)10-14-39-12-8-22(9-13-39)32(41)42-4/h5-6,15-17,19-20,22,29H,7-14,18H2,1-4H3,(H,38,40)/t29-,33+/m1/s1. The molecule has 1 aliphatic carbocycles. The molecular weight excluding hydrogens is 538 g/mol. The number of likely N-dealkylation sites (tertiary alicyclic amines) is 1. The van der Waals surface area contributed by atoms with Crippen LogP contribution in [0.1, 0.15) is 78.4 Å². The number of methoxy groups -OCH3 is 1. The Morgan fingerprint density at radius 2 is 1.95 bits per heavy atom. The summed E-state index contributed by atoms with van der Waals surface area (Å²) < 4.78 is 35.7. The molecule has 1 saturated heterocycles. The van der Waals surface area contributed by atoms with Crippen molar-refractivity contribution >= 4 is 22.8 Å². The Kier molecular flexibility index (Phi) is 8.87. The fourth-order valence-electron chi connectivity index (χ4n) is 6.17. The number of esters is 1. The van der Waals surface area contributed by atoms with Gasteiger partial charge in [0.25, 0.3) is 5.91 Å². The van der Waals surface area contributed by atoms with Crippen molar-refractivity contribution < 1.29 is 23.1 Å². The van der Waals surface area contributed by atoms with Crippen LogP contribution < -0.4 is 5.32 Å². The first-order chi connectivity index (χ1) is 20.1. The Morgan fingerprint density at radius 1 is 1.19 bits per heavy atom. The number of hydrogen-bond acceptors (Lipinski definition) is 6. The highest BCUT2D eigenvalue weighted by molar-refractivity contribution is 5.98. The first-order valence-electron chi connectivity index (χ1n) is 14.9. The maximum atomic E-state index is 15.5. The second-order valence-corrected chi connectivity index (χ2v) is 12.2. The number of carbonyl (C=O) groups is 2. The molecule has 2 atom stereocenters. The van der Waals surface area contributed by atoms with Crippen molar-refractivity contribution in [3.05, 3.63) is 70.4 Å². The summed E-state index contributed by atoms with van der Waals surface area (Å²) in [6.45, 7) is 7.93. The number of piperidine rings is 1. The van der Waals surface area contributed by atoms with Crippen molar-refractivity contribution in [2.45, 2.75) is 71.0 Å². The lowest BCUT2D eigenvalue weighted by molar-refractivity contribution is -0.147. The zero-order valence-electron chi connectivity index (χ0n) is 24.9. The Hall–Kier alpha value is -3.46. The molecule has 0 unspecified atom stereocenters. The Morgan fingerprint density at radius 3 is 2.62 bits per heavy atom. The van der Waals surface area contributed by atoms with Crippen molar-refractivity contribution in [3.8, 4) is 0 Å². The van der Waals surface area contributed by atoms with E-state index in [2.05, 4.69) is 20.2 Å². The summed E-state index contributed by atoms with van der Waals surface area (Å²) in [7, 11) is 1.42. The van der Waals surface area contributed by atoms with Crippen molar-refractivity contribution in [3.63, 3.8) is 0 Å². The van der Waals surface area contributed by atoms with E-state index in [9.17, 15) is 9.59 Å². The summed E-state index contributed by atoms with van der Waals surface area (Å²) in [6, 6.07) is 8.19. The van der Waals surface area contributed by atoms with Crippen LogP contribution >= 0.6 is 0 Å². The quantitative estimate of drug-likeness (QED) is 0.347. The van der Waals surface area contributed by atoms with Gasteiger partial charge < -0.3 is 15.0 Å². The number of nitrogens with zero attached hydrogens (tertiary/aromatic N) is 3. The molecule has 1 fully saturated rings. The normalized spacial score (nSPS) is 20.4. The van der Waals surface area contributed by atoms with Crippen LogP contribution in [0.3, 0.4) is 0 Å². The lowest BCUT2D eigenvalue weighted by atomic mass is 9.77. The van der Waals surface area contributed by atoms with Crippen LogP contribution in [0.25, 0.3) is 10.9 Å². The number of pyridine rings is 2. The van der Waals surface area contributed by atoms with Gasteiger partial charge in [0.05, 0.1) is 19.1 Å². The van der Waals surface area contributed by atoms with Gasteiger partial charge in [0, 0.05) is 41.5 Å². The maximum Gasteiger partial charge on any atom is 0.308 e. The third-order valence-electron chi connectivity index (χ3n) is 9.10. The van der Waals surface area contributed by atoms with E-state index in [0.717, 1.165) is 55.0 Å². The average molecular weight is 579 g/mol. The number of hydrogen-bond donors (Lipinski definition) is 1. The van der Waals surface area contributed by atoms with E-state index in [1.807, 2.05) is 32.9 Å². The fourth-order valence-corrected chi connectivity index (χ4v) is 6.17. The van der Waals surface area contributed by atoms with Gasteiger partial charge in [0.15, 0.2) is 0 Å². The van der Waals surface area contributed by atoms with Gasteiger partial charge in [0.2, 0.25) is 0 Å². The van der Waals surface area contributed by atoms with E-state index >= 15 is 8.78 Å². The predicted molar refractivity (Wildman–Crippen MR) is 157 cm³/mol. The van der Waals surface area contributed by atoms with Crippen LogP contribution in [0, 0.1) is 24.6 Å². The molecule has 5 rings (SSSR count). The third kappa shape index (κ3) is 6.46. The van der Waals surface area contributed by atoms with Crippen LogP contribution in [-0.4, -0.2) is 59.2 Å². The van der Waals surface area contributed by atoms with E-state index in [0.29, 0.717) is 24.6 Å². The Bertz CT molecular complexity index is 1450. The zero-order chi connectivity index (χ0) is 30.0. The number of halogens is 2. The number of ether oxygens (including phenoxy) is 1. The molecular formula is C33H40F2N4O3. The molecule has 9 heteroatoms. The monoisotopic (exact) mass is 578 g/mol. The van der Waals surface area contributed by atoms with Crippen molar-refractivity contribution in [2.75, 3.05) is 26.7 Å². The molecule has 2 aromatic heterocycles. The molecule has 0 spiro atoms. The molecule has 224 valence electrons. The summed E-state index contributed by atoms with van der Waals surface area (Å²) in [4.78, 5) is 36.7. The van der Waals surface area contributed by atoms with Gasteiger partial charge in [-0.1, -0.05) is 19.9 Å². The smallest absolute Gasteiger partial charge is 0.308 e. The van der Waals surface area contributed by atoms with E-state index in [4.69, 9.17) is 4.74 Å². The minimum atomic E-state index is -1.32. The number of nitrogens with one attached hydrogen (secondary N) is 1. The third-order valence-corrected chi connectivity index (χ3v) is 9.10. The molecule has 42 heavy (non-hydrogen) atoms. The molecule has 1 aliphatic heterocycles. The molecule has 3 aromatic rings. The topological polar surface area (TPSA) is 84.4 Å². The second-order valence-electron chi connectivity index (χ2n) is 12.2. The summed E-state index contributed by atoms with van der Waals surface area (Å²) in [5, 5.41) is 3.59. The SMILES string of the molecule is COC(=O)C1CCN(CC[C@@H](NC(=O)c2cc(F)c3nc4c(cc3c2)C[C@](F)(C(C)C)CC4)c2ccc(C)nc2)CC1. The van der Waals surface area contributed by atoms with Gasteiger partial charge in [-0.3, -0.25) is 14.6 Å². The van der Waals surface area contributed by atoms with Crippen LogP contribution in [0.15, 0.2) is 36.5 Å². The summed E-state index contributed by atoms with van der Waals surface area (Å²) in [5.74, 6) is -1.33. The molecule has 2 aliphatic rings. The molecule has 0 radical (unpaired) electrons. The van der Waals surface area contributed by atoms with Crippen LogP contribution in [-0.2, 0) is 22.4 Å². The van der Waals surface area contributed by atoms with Crippen LogP contribution in [0.4, 0.5) is 8.78 Å². The highest BCUT2D eigenvalue weighted by Crippen LogP contribution is 2.38. The number of aromatic nitrogens is 2.